The minimum Gasteiger partial charge on any atom is -0.476 e. The maximum atomic E-state index is 10.3. The van der Waals surface area contributed by atoms with Crippen molar-refractivity contribution in [1.29, 1.82) is 0 Å². The molecule has 0 unspecified atom stereocenters. The first-order chi connectivity index (χ1) is 4.95. The third-order valence-corrected chi connectivity index (χ3v) is 0.956. The molecule has 0 aliphatic heterocycles. The van der Waals surface area contributed by atoms with E-state index in [2.05, 4.69) is 18.2 Å². The summed E-state index contributed by atoms with van der Waals surface area (Å²) in [7, 11) is 0. The van der Waals surface area contributed by atoms with Crippen molar-refractivity contribution < 1.29 is 9.90 Å². The van der Waals surface area contributed by atoms with E-state index in [0.29, 0.717) is 0 Å². The highest BCUT2D eigenvalue weighted by atomic mass is 35.5. The van der Waals surface area contributed by atoms with E-state index < -0.39 is 11.7 Å². The van der Waals surface area contributed by atoms with Crippen LogP contribution in [0.25, 0.3) is 0 Å². The molecule has 0 atom stereocenters. The molecule has 0 aliphatic rings. The SMILES string of the molecule is C=C(Cl)/N=C(\C(=C)Cl)C(=O)O. The largest absolute Gasteiger partial charge is 0.476 e. The van der Waals surface area contributed by atoms with Crippen molar-refractivity contribution in [2.75, 3.05) is 0 Å². The third kappa shape index (κ3) is 3.80. The average Bonchev–Trinajstić information content (AvgIpc) is 1.81. The summed E-state index contributed by atoms with van der Waals surface area (Å²) in [4.78, 5) is 13.6. The number of carboxylic acid groups (broad SMARTS) is 1. The molecule has 0 saturated heterocycles. The predicted octanol–water partition coefficient (Wildman–Crippen LogP) is 1.97. The second-order valence-electron chi connectivity index (χ2n) is 1.55. The molecule has 0 aromatic heterocycles. The Bertz CT molecular complexity index is 229. The number of aliphatic imine (C=N–C) groups is 1. The molecule has 0 aromatic rings. The van der Waals surface area contributed by atoms with Gasteiger partial charge >= 0.3 is 5.97 Å². The first-order valence-electron chi connectivity index (χ1n) is 2.46. The summed E-state index contributed by atoms with van der Waals surface area (Å²) in [6, 6.07) is 0. The van der Waals surface area contributed by atoms with Crippen molar-refractivity contribution >= 4 is 34.9 Å². The fraction of sp³-hybridized carbons (Fsp3) is 0. The number of halogens is 2. The molecule has 60 valence electrons. The van der Waals surface area contributed by atoms with Crippen molar-refractivity contribution in [2.24, 2.45) is 4.99 Å². The summed E-state index contributed by atoms with van der Waals surface area (Å²) in [6.07, 6.45) is 0. The van der Waals surface area contributed by atoms with Crippen LogP contribution in [0.3, 0.4) is 0 Å². The first-order valence-corrected chi connectivity index (χ1v) is 3.22. The van der Waals surface area contributed by atoms with E-state index in [1.807, 2.05) is 0 Å². The summed E-state index contributed by atoms with van der Waals surface area (Å²) < 4.78 is 0. The van der Waals surface area contributed by atoms with Crippen LogP contribution in [0.2, 0.25) is 0 Å². The van der Waals surface area contributed by atoms with Gasteiger partial charge in [-0.25, -0.2) is 9.79 Å². The lowest BCUT2D eigenvalue weighted by atomic mass is 10.4. The molecule has 0 saturated carbocycles. The molecule has 0 aromatic carbocycles. The van der Waals surface area contributed by atoms with Gasteiger partial charge in [-0.15, -0.1) is 0 Å². The van der Waals surface area contributed by atoms with E-state index in [9.17, 15) is 4.79 Å². The normalized spacial score (nSPS) is 10.9. The van der Waals surface area contributed by atoms with Crippen LogP contribution in [-0.2, 0) is 4.79 Å². The maximum Gasteiger partial charge on any atom is 0.356 e. The monoisotopic (exact) mass is 193 g/mol. The Morgan fingerprint density at radius 3 is 1.91 bits per heavy atom. The molecule has 11 heavy (non-hydrogen) atoms. The van der Waals surface area contributed by atoms with E-state index in [1.54, 1.807) is 0 Å². The van der Waals surface area contributed by atoms with Gasteiger partial charge in [-0.05, 0) is 0 Å². The molecule has 0 radical (unpaired) electrons. The summed E-state index contributed by atoms with van der Waals surface area (Å²) in [5, 5.41) is 8.09. The number of nitrogens with zero attached hydrogens (tertiary/aromatic N) is 1. The standard InChI is InChI=1S/C6H5Cl2NO2/c1-3(7)5(6(10)11)9-4(2)8/h1-2H2,(H,10,11)/b9-5+. The molecule has 0 fully saturated rings. The predicted molar refractivity (Wildman–Crippen MR) is 45.1 cm³/mol. The molecule has 0 bridgehead atoms. The van der Waals surface area contributed by atoms with Crippen LogP contribution in [0, 0.1) is 0 Å². The van der Waals surface area contributed by atoms with Gasteiger partial charge < -0.3 is 5.11 Å². The molecule has 0 amide bonds. The van der Waals surface area contributed by atoms with Crippen molar-refractivity contribution in [3.63, 3.8) is 0 Å². The number of hydrogen-bond acceptors (Lipinski definition) is 2. The Hall–Kier alpha value is -0.800. The van der Waals surface area contributed by atoms with Gasteiger partial charge in [-0.3, -0.25) is 0 Å². The Morgan fingerprint density at radius 2 is 1.82 bits per heavy atom. The summed E-state index contributed by atoms with van der Waals surface area (Å²) in [5.74, 6) is -1.29. The van der Waals surface area contributed by atoms with Crippen LogP contribution in [0.4, 0.5) is 0 Å². The molecule has 0 heterocycles. The second-order valence-corrected chi connectivity index (χ2v) is 2.44. The lowest BCUT2D eigenvalue weighted by molar-refractivity contribution is -0.129. The van der Waals surface area contributed by atoms with Crippen molar-refractivity contribution in [3.05, 3.63) is 23.3 Å². The smallest absolute Gasteiger partial charge is 0.356 e. The summed E-state index contributed by atoms with van der Waals surface area (Å²) >= 11 is 10.5. The highest BCUT2D eigenvalue weighted by Crippen LogP contribution is 2.06. The molecule has 0 aliphatic carbocycles. The Morgan fingerprint density at radius 1 is 1.36 bits per heavy atom. The van der Waals surface area contributed by atoms with E-state index >= 15 is 0 Å². The Balaban J connectivity index is 4.75. The number of aliphatic carboxylic acids is 1. The van der Waals surface area contributed by atoms with E-state index in [-0.39, 0.29) is 10.2 Å². The van der Waals surface area contributed by atoms with Gasteiger partial charge in [0, 0.05) is 0 Å². The zero-order chi connectivity index (χ0) is 9.02. The molecule has 1 N–H and O–H groups in total. The van der Waals surface area contributed by atoms with E-state index in [0.717, 1.165) is 0 Å². The second kappa shape index (κ2) is 4.16. The average molecular weight is 194 g/mol. The van der Waals surface area contributed by atoms with Gasteiger partial charge in [0.25, 0.3) is 0 Å². The quantitative estimate of drug-likeness (QED) is 0.551. The van der Waals surface area contributed by atoms with Crippen molar-refractivity contribution in [1.82, 2.24) is 0 Å². The van der Waals surface area contributed by atoms with Gasteiger partial charge in [-0.2, -0.15) is 0 Å². The molecular weight excluding hydrogens is 189 g/mol. The van der Waals surface area contributed by atoms with Gasteiger partial charge in [0.15, 0.2) is 5.71 Å². The Kier molecular flexibility index (Phi) is 3.85. The third-order valence-electron chi connectivity index (χ3n) is 0.693. The van der Waals surface area contributed by atoms with E-state index in [4.69, 9.17) is 28.3 Å². The number of rotatable bonds is 3. The van der Waals surface area contributed by atoms with Gasteiger partial charge in [-0.1, -0.05) is 36.4 Å². The minimum absolute atomic E-state index is 0.149. The van der Waals surface area contributed by atoms with Crippen LogP contribution in [0.5, 0.6) is 0 Å². The maximum absolute atomic E-state index is 10.3. The van der Waals surface area contributed by atoms with Crippen LogP contribution in [0.15, 0.2) is 28.3 Å². The molecule has 0 spiro atoms. The number of carbonyl (C=O) groups is 1. The summed E-state index contributed by atoms with van der Waals surface area (Å²) in [6.45, 7) is 6.36. The summed E-state index contributed by atoms with van der Waals surface area (Å²) in [5.41, 5.74) is -0.397. The first kappa shape index (κ1) is 10.2. The van der Waals surface area contributed by atoms with Crippen LogP contribution < -0.4 is 0 Å². The molecule has 5 heteroatoms. The number of hydrogen-bond donors (Lipinski definition) is 1. The van der Waals surface area contributed by atoms with Crippen molar-refractivity contribution in [2.45, 2.75) is 0 Å². The topological polar surface area (TPSA) is 49.7 Å². The van der Waals surface area contributed by atoms with Crippen LogP contribution in [-0.4, -0.2) is 16.8 Å². The van der Waals surface area contributed by atoms with Gasteiger partial charge in [0.2, 0.25) is 0 Å². The Labute approximate surface area is 73.6 Å². The number of carboxylic acids is 1. The minimum atomic E-state index is -1.29. The van der Waals surface area contributed by atoms with Gasteiger partial charge in [0.1, 0.15) is 5.16 Å². The van der Waals surface area contributed by atoms with Crippen LogP contribution in [0.1, 0.15) is 0 Å². The molecule has 0 rings (SSSR count). The molecule has 3 nitrogen and oxygen atoms in total. The molecular formula is C6H5Cl2NO2. The van der Waals surface area contributed by atoms with Gasteiger partial charge in [0.05, 0.1) is 5.03 Å². The lowest BCUT2D eigenvalue weighted by Crippen LogP contribution is -2.12. The van der Waals surface area contributed by atoms with Crippen molar-refractivity contribution in [3.8, 4) is 0 Å². The highest BCUT2D eigenvalue weighted by molar-refractivity contribution is 6.58. The zero-order valence-electron chi connectivity index (χ0n) is 5.47. The highest BCUT2D eigenvalue weighted by Gasteiger charge is 2.11. The van der Waals surface area contributed by atoms with E-state index in [1.165, 1.54) is 0 Å². The fourth-order valence-corrected chi connectivity index (χ4v) is 0.553. The lowest BCUT2D eigenvalue weighted by Gasteiger charge is -1.95. The zero-order valence-corrected chi connectivity index (χ0v) is 6.98. The fourth-order valence-electron chi connectivity index (χ4n) is 0.346. The van der Waals surface area contributed by atoms with Crippen LogP contribution >= 0.6 is 23.2 Å².